The van der Waals surface area contributed by atoms with Gasteiger partial charge in [0.05, 0.1) is 12.4 Å². The molecule has 0 fully saturated rings. The van der Waals surface area contributed by atoms with Gasteiger partial charge in [0, 0.05) is 18.8 Å². The maximum Gasteiger partial charge on any atom is 0.233 e. The molecule has 0 saturated heterocycles. The van der Waals surface area contributed by atoms with Crippen LogP contribution in [0.4, 0.5) is 0 Å². The fraction of sp³-hybridized carbons (Fsp3) is 0.222. The molecule has 0 spiro atoms. The number of thioether (sulfide) groups is 1. The highest BCUT2D eigenvalue weighted by molar-refractivity contribution is 8.02. The van der Waals surface area contributed by atoms with E-state index in [9.17, 15) is 4.79 Å². The summed E-state index contributed by atoms with van der Waals surface area (Å²) in [6, 6.07) is 10.9. The number of carbonyl (C=O) groups is 1. The minimum Gasteiger partial charge on any atom is -0.497 e. The molecule has 0 radical (unpaired) electrons. The van der Waals surface area contributed by atoms with Crippen LogP contribution in [0.1, 0.15) is 12.5 Å². The molecule has 0 bridgehead atoms. The number of ether oxygens (including phenoxy) is 2. The maximum absolute atomic E-state index is 12.2. The van der Waals surface area contributed by atoms with Crippen molar-refractivity contribution in [2.45, 2.75) is 23.1 Å². The number of aromatic nitrogens is 3. The quantitative estimate of drug-likeness (QED) is 0.577. The Kier molecular flexibility index (Phi) is 6.61. The number of methoxy groups -OCH3 is 1. The molecule has 27 heavy (non-hydrogen) atoms. The number of carbonyl (C=O) groups excluding carboxylic acids is 1. The first-order chi connectivity index (χ1) is 13.1. The van der Waals surface area contributed by atoms with Gasteiger partial charge in [-0.1, -0.05) is 29.2 Å². The second-order valence-corrected chi connectivity index (χ2v) is 7.89. The van der Waals surface area contributed by atoms with Crippen LogP contribution in [0.2, 0.25) is 0 Å². The third-order valence-electron chi connectivity index (χ3n) is 3.53. The molecule has 9 heteroatoms. The van der Waals surface area contributed by atoms with Gasteiger partial charge >= 0.3 is 0 Å². The normalized spacial score (nSPS) is 11.6. The van der Waals surface area contributed by atoms with E-state index in [1.807, 2.05) is 37.3 Å². The minimum atomic E-state index is -0.247. The number of hydrogen-bond acceptors (Lipinski definition) is 8. The van der Waals surface area contributed by atoms with E-state index in [1.165, 1.54) is 23.1 Å². The number of nitrogens with zero attached hydrogens (tertiary/aromatic N) is 3. The van der Waals surface area contributed by atoms with E-state index < -0.39 is 0 Å². The van der Waals surface area contributed by atoms with Crippen LogP contribution in [-0.4, -0.2) is 33.4 Å². The number of rotatable bonds is 8. The summed E-state index contributed by atoms with van der Waals surface area (Å²) in [6.45, 7) is 2.24. The molecule has 0 saturated carbocycles. The molecule has 3 aromatic rings. The average molecular weight is 403 g/mol. The zero-order valence-electron chi connectivity index (χ0n) is 14.8. The second-order valence-electron chi connectivity index (χ2n) is 5.46. The van der Waals surface area contributed by atoms with Crippen molar-refractivity contribution in [3.8, 4) is 17.4 Å². The molecule has 2 aromatic heterocycles. The molecule has 1 N–H and O–H groups in total. The largest absolute Gasteiger partial charge is 0.497 e. The van der Waals surface area contributed by atoms with Crippen LogP contribution in [0.3, 0.4) is 0 Å². The Morgan fingerprint density at radius 2 is 2.00 bits per heavy atom. The highest BCUT2D eigenvalue weighted by Gasteiger charge is 2.15. The lowest BCUT2D eigenvalue weighted by molar-refractivity contribution is -0.120. The van der Waals surface area contributed by atoms with Gasteiger partial charge in [-0.2, -0.15) is 0 Å². The molecule has 0 aliphatic carbocycles. The highest BCUT2D eigenvalue weighted by atomic mass is 32.2. The van der Waals surface area contributed by atoms with Gasteiger partial charge in [0.15, 0.2) is 4.34 Å². The van der Waals surface area contributed by atoms with E-state index in [4.69, 9.17) is 9.47 Å². The van der Waals surface area contributed by atoms with Gasteiger partial charge in [0.2, 0.25) is 11.8 Å². The summed E-state index contributed by atoms with van der Waals surface area (Å²) in [4.78, 5) is 16.4. The lowest BCUT2D eigenvalue weighted by atomic mass is 10.3. The number of nitrogens with one attached hydrogen (secondary N) is 1. The van der Waals surface area contributed by atoms with E-state index in [0.29, 0.717) is 18.2 Å². The third kappa shape index (κ3) is 5.66. The molecule has 140 valence electrons. The van der Waals surface area contributed by atoms with Crippen LogP contribution in [0.25, 0.3) is 0 Å². The van der Waals surface area contributed by atoms with Gasteiger partial charge in [0.25, 0.3) is 0 Å². The van der Waals surface area contributed by atoms with Crippen molar-refractivity contribution in [2.24, 2.45) is 0 Å². The molecule has 3 rings (SSSR count). The van der Waals surface area contributed by atoms with Crippen molar-refractivity contribution in [2.75, 3.05) is 7.11 Å². The number of pyridine rings is 1. The number of amides is 1. The minimum absolute atomic E-state index is 0.0613. The Balaban J connectivity index is 1.48. The number of benzene rings is 1. The summed E-state index contributed by atoms with van der Waals surface area (Å²) in [5.74, 6) is 1.86. The monoisotopic (exact) mass is 402 g/mol. The van der Waals surface area contributed by atoms with Crippen molar-refractivity contribution in [1.29, 1.82) is 0 Å². The first-order valence-electron chi connectivity index (χ1n) is 8.11. The average Bonchev–Trinajstić information content (AvgIpc) is 3.21. The maximum atomic E-state index is 12.2. The summed E-state index contributed by atoms with van der Waals surface area (Å²) >= 11 is 2.81. The van der Waals surface area contributed by atoms with Gasteiger partial charge in [-0.05, 0) is 36.8 Å². The van der Waals surface area contributed by atoms with E-state index >= 15 is 0 Å². The predicted octanol–water partition coefficient (Wildman–Crippen LogP) is 3.53. The molecule has 7 nitrogen and oxygen atoms in total. The lowest BCUT2D eigenvalue weighted by Crippen LogP contribution is -2.30. The van der Waals surface area contributed by atoms with Crippen molar-refractivity contribution < 1.29 is 14.3 Å². The van der Waals surface area contributed by atoms with Gasteiger partial charge in [-0.3, -0.25) is 4.79 Å². The van der Waals surface area contributed by atoms with Crippen LogP contribution >= 0.6 is 23.1 Å². The Labute approximate surface area is 165 Å². The van der Waals surface area contributed by atoms with E-state index in [-0.39, 0.29) is 11.2 Å². The Bertz CT molecular complexity index is 855. The molecular formula is C18H18N4O3S2. The van der Waals surface area contributed by atoms with Crippen molar-refractivity contribution in [3.05, 3.63) is 53.7 Å². The van der Waals surface area contributed by atoms with Gasteiger partial charge in [0.1, 0.15) is 17.0 Å². The molecule has 1 amide bonds. The van der Waals surface area contributed by atoms with Crippen LogP contribution in [0.5, 0.6) is 17.4 Å². The molecule has 1 aromatic carbocycles. The molecule has 0 unspecified atom stereocenters. The topological polar surface area (TPSA) is 86.2 Å². The first kappa shape index (κ1) is 19.1. The first-order valence-corrected chi connectivity index (χ1v) is 9.87. The van der Waals surface area contributed by atoms with Crippen LogP contribution in [-0.2, 0) is 11.3 Å². The van der Waals surface area contributed by atoms with Gasteiger partial charge < -0.3 is 14.8 Å². The Morgan fingerprint density at radius 1 is 1.22 bits per heavy atom. The number of hydrogen-bond donors (Lipinski definition) is 1. The van der Waals surface area contributed by atoms with Crippen molar-refractivity contribution in [3.63, 3.8) is 0 Å². The SMILES string of the molecule is COc1ccc(Oc2ccc(CNC(=O)[C@@H](C)Sc3nncs3)cn2)cc1. The predicted molar refractivity (Wildman–Crippen MR) is 104 cm³/mol. The molecular weight excluding hydrogens is 384 g/mol. The fourth-order valence-electron chi connectivity index (χ4n) is 2.09. The molecule has 0 aliphatic heterocycles. The zero-order valence-corrected chi connectivity index (χ0v) is 16.4. The Morgan fingerprint density at radius 3 is 2.63 bits per heavy atom. The van der Waals surface area contributed by atoms with Crippen LogP contribution in [0.15, 0.2) is 52.4 Å². The standard InChI is InChI=1S/C18H18N4O3S2/c1-12(27-18-22-21-11-26-18)17(23)20-10-13-3-8-16(19-9-13)25-15-6-4-14(24-2)5-7-15/h3-9,11-12H,10H2,1-2H3,(H,20,23)/t12-/m1/s1. The summed E-state index contributed by atoms with van der Waals surface area (Å²) in [5, 5.41) is 10.3. The molecule has 0 aliphatic rings. The van der Waals surface area contributed by atoms with Crippen molar-refractivity contribution >= 4 is 29.0 Å². The smallest absolute Gasteiger partial charge is 0.233 e. The molecule has 1 atom stereocenters. The summed E-state index contributed by atoms with van der Waals surface area (Å²) < 4.78 is 11.6. The summed E-state index contributed by atoms with van der Waals surface area (Å²) in [7, 11) is 1.62. The summed E-state index contributed by atoms with van der Waals surface area (Å²) in [6.07, 6.45) is 1.68. The van der Waals surface area contributed by atoms with Gasteiger partial charge in [-0.15, -0.1) is 10.2 Å². The highest BCUT2D eigenvalue weighted by Crippen LogP contribution is 2.24. The van der Waals surface area contributed by atoms with Crippen LogP contribution in [0, 0.1) is 0 Å². The van der Waals surface area contributed by atoms with E-state index in [0.717, 1.165) is 15.7 Å². The Hall–Kier alpha value is -2.65. The summed E-state index contributed by atoms with van der Waals surface area (Å²) in [5.41, 5.74) is 2.53. The van der Waals surface area contributed by atoms with Crippen molar-refractivity contribution in [1.82, 2.24) is 20.5 Å². The third-order valence-corrected chi connectivity index (χ3v) is 5.44. The fourth-order valence-corrected chi connectivity index (χ4v) is 3.74. The van der Waals surface area contributed by atoms with E-state index in [2.05, 4.69) is 20.5 Å². The zero-order chi connectivity index (χ0) is 19.1. The van der Waals surface area contributed by atoms with Gasteiger partial charge in [-0.25, -0.2) is 4.98 Å². The molecule has 2 heterocycles. The second kappa shape index (κ2) is 9.33. The van der Waals surface area contributed by atoms with E-state index in [1.54, 1.807) is 24.9 Å². The lowest BCUT2D eigenvalue weighted by Gasteiger charge is -2.10. The van der Waals surface area contributed by atoms with Crippen LogP contribution < -0.4 is 14.8 Å².